The summed E-state index contributed by atoms with van der Waals surface area (Å²) in [7, 11) is 0. The third-order valence-corrected chi connectivity index (χ3v) is 3.54. The number of amides is 4. The maximum absolute atomic E-state index is 11.9. The molecule has 0 aromatic heterocycles. The van der Waals surface area contributed by atoms with Crippen LogP contribution >= 0.6 is 25.3 Å². The van der Waals surface area contributed by atoms with E-state index >= 15 is 0 Å². The van der Waals surface area contributed by atoms with Gasteiger partial charge in [-0.2, -0.15) is 25.3 Å². The van der Waals surface area contributed by atoms with Crippen molar-refractivity contribution >= 4 is 54.9 Å². The highest BCUT2D eigenvalue weighted by molar-refractivity contribution is 7.80. The summed E-state index contributed by atoms with van der Waals surface area (Å²) >= 11 is 7.69. The van der Waals surface area contributed by atoms with Gasteiger partial charge in [-0.05, 0) is 0 Å². The second-order valence-corrected chi connectivity index (χ2v) is 5.61. The fraction of sp³-hybridized carbons (Fsp3) is 0.583. The molecule has 0 bridgehead atoms. The molecule has 142 valence electrons. The smallest absolute Gasteiger partial charge is 0.327 e. The zero-order valence-corrected chi connectivity index (χ0v) is 14.9. The van der Waals surface area contributed by atoms with Gasteiger partial charge < -0.3 is 32.5 Å². The number of carbonyl (C=O) groups is 5. The number of thiol groups is 2. The number of carboxylic acids is 1. The lowest BCUT2D eigenvalue weighted by Gasteiger charge is -2.19. The molecule has 0 rings (SSSR count). The van der Waals surface area contributed by atoms with Gasteiger partial charge in [-0.3, -0.25) is 19.2 Å². The normalized spacial score (nSPS) is 13.9. The lowest BCUT2D eigenvalue weighted by atomic mass is 10.2. The van der Waals surface area contributed by atoms with Crippen LogP contribution < -0.4 is 27.4 Å². The van der Waals surface area contributed by atoms with E-state index in [-0.39, 0.29) is 11.5 Å². The standard InChI is InChI=1S/C12H21N5O6S2/c13-5(1-8(14)18)10(20)17-6(3-24)11(21)15-2-9(19)16-7(4-25)12(22)23/h5-7,24-25H,1-4,13H2,(H2,14,18)(H,15,21)(H,16,19)(H,17,20)(H,22,23)/t5-,6-,7-/m0/s1. The van der Waals surface area contributed by atoms with Crippen LogP contribution in [0.5, 0.6) is 0 Å². The largest absolute Gasteiger partial charge is 0.480 e. The van der Waals surface area contributed by atoms with Gasteiger partial charge in [0.15, 0.2) is 0 Å². The van der Waals surface area contributed by atoms with Crippen LogP contribution in [-0.4, -0.2) is 70.9 Å². The van der Waals surface area contributed by atoms with Gasteiger partial charge in [-0.15, -0.1) is 0 Å². The van der Waals surface area contributed by atoms with Crippen LogP contribution in [0, 0.1) is 0 Å². The molecule has 0 saturated carbocycles. The quantitative estimate of drug-likeness (QED) is 0.164. The van der Waals surface area contributed by atoms with Gasteiger partial charge in [0.25, 0.3) is 0 Å². The number of carboxylic acid groups (broad SMARTS) is 1. The van der Waals surface area contributed by atoms with Crippen LogP contribution in [-0.2, 0) is 24.0 Å². The topological polar surface area (TPSA) is 194 Å². The summed E-state index contributed by atoms with van der Waals surface area (Å²) in [5.41, 5.74) is 10.4. The van der Waals surface area contributed by atoms with Gasteiger partial charge >= 0.3 is 5.97 Å². The second-order valence-electron chi connectivity index (χ2n) is 4.88. The Morgan fingerprint density at radius 3 is 1.96 bits per heavy atom. The minimum absolute atomic E-state index is 0.100. The molecule has 0 radical (unpaired) electrons. The molecule has 0 fully saturated rings. The zero-order chi connectivity index (χ0) is 19.6. The van der Waals surface area contributed by atoms with Crippen molar-refractivity contribution in [1.29, 1.82) is 0 Å². The van der Waals surface area contributed by atoms with E-state index in [1.165, 1.54) is 0 Å². The van der Waals surface area contributed by atoms with Crippen molar-refractivity contribution in [3.8, 4) is 0 Å². The first kappa shape index (κ1) is 23.0. The highest BCUT2D eigenvalue weighted by atomic mass is 32.1. The highest BCUT2D eigenvalue weighted by Gasteiger charge is 2.24. The Morgan fingerprint density at radius 2 is 1.52 bits per heavy atom. The Balaban J connectivity index is 4.50. The van der Waals surface area contributed by atoms with Crippen molar-refractivity contribution in [2.24, 2.45) is 11.5 Å². The van der Waals surface area contributed by atoms with Crippen LogP contribution in [0.1, 0.15) is 6.42 Å². The van der Waals surface area contributed by atoms with Crippen molar-refractivity contribution in [1.82, 2.24) is 16.0 Å². The van der Waals surface area contributed by atoms with E-state index in [0.29, 0.717) is 0 Å². The molecule has 8 N–H and O–H groups in total. The summed E-state index contributed by atoms with van der Waals surface area (Å²) in [4.78, 5) is 56.7. The van der Waals surface area contributed by atoms with Gasteiger partial charge in [0.2, 0.25) is 23.6 Å². The molecule has 3 atom stereocenters. The van der Waals surface area contributed by atoms with Gasteiger partial charge in [-0.25, -0.2) is 4.79 Å². The van der Waals surface area contributed by atoms with Crippen molar-refractivity contribution in [2.45, 2.75) is 24.5 Å². The first-order chi connectivity index (χ1) is 11.6. The summed E-state index contributed by atoms with van der Waals surface area (Å²) in [5, 5.41) is 15.4. The second kappa shape index (κ2) is 11.5. The fourth-order valence-corrected chi connectivity index (χ4v) is 2.01. The average Bonchev–Trinajstić information content (AvgIpc) is 2.53. The molecule has 13 heteroatoms. The van der Waals surface area contributed by atoms with Crippen molar-refractivity contribution < 1.29 is 29.1 Å². The molecule has 0 aliphatic rings. The number of carbonyl (C=O) groups excluding carboxylic acids is 4. The van der Waals surface area contributed by atoms with E-state index in [9.17, 15) is 24.0 Å². The van der Waals surface area contributed by atoms with E-state index in [0.717, 1.165) is 0 Å². The molecule has 11 nitrogen and oxygen atoms in total. The number of primary amides is 1. The Morgan fingerprint density at radius 1 is 0.960 bits per heavy atom. The third-order valence-electron chi connectivity index (χ3n) is 2.81. The van der Waals surface area contributed by atoms with Gasteiger partial charge in [-0.1, -0.05) is 0 Å². The van der Waals surface area contributed by atoms with E-state index in [2.05, 4.69) is 41.2 Å². The van der Waals surface area contributed by atoms with E-state index < -0.39 is 60.7 Å². The first-order valence-electron chi connectivity index (χ1n) is 6.98. The molecule has 0 spiro atoms. The number of nitrogens with one attached hydrogen (secondary N) is 3. The molecule has 0 aromatic carbocycles. The van der Waals surface area contributed by atoms with Crippen molar-refractivity contribution in [3.63, 3.8) is 0 Å². The Hall–Kier alpha value is -1.99. The lowest BCUT2D eigenvalue weighted by molar-refractivity contribution is -0.141. The number of hydrogen-bond donors (Lipinski definition) is 8. The molecule has 0 heterocycles. The van der Waals surface area contributed by atoms with Gasteiger partial charge in [0.1, 0.15) is 12.1 Å². The lowest BCUT2D eigenvalue weighted by Crippen LogP contribution is -2.54. The molecule has 25 heavy (non-hydrogen) atoms. The molecule has 4 amide bonds. The average molecular weight is 395 g/mol. The SMILES string of the molecule is NC(=O)C[C@H](N)C(=O)N[C@@H](CS)C(=O)NCC(=O)N[C@@H](CS)C(=O)O. The molecule has 0 aromatic rings. The molecular formula is C12H21N5O6S2. The first-order valence-corrected chi connectivity index (χ1v) is 8.24. The van der Waals surface area contributed by atoms with Crippen LogP contribution in [0.2, 0.25) is 0 Å². The Bertz CT molecular complexity index is 532. The van der Waals surface area contributed by atoms with Gasteiger partial charge in [0.05, 0.1) is 19.0 Å². The van der Waals surface area contributed by atoms with Crippen LogP contribution in [0.4, 0.5) is 0 Å². The maximum atomic E-state index is 11.9. The number of nitrogens with two attached hydrogens (primary N) is 2. The summed E-state index contributed by atoms with van der Waals surface area (Å²) in [6.45, 7) is -0.510. The predicted octanol–water partition coefficient (Wildman–Crippen LogP) is -3.78. The predicted molar refractivity (Wildman–Crippen MR) is 94.0 cm³/mol. The summed E-state index contributed by atoms with van der Waals surface area (Å²) in [6.07, 6.45) is -0.393. The van der Waals surface area contributed by atoms with Gasteiger partial charge in [0, 0.05) is 11.5 Å². The maximum Gasteiger partial charge on any atom is 0.327 e. The molecule has 0 unspecified atom stereocenters. The Kier molecular flexibility index (Phi) is 10.6. The monoisotopic (exact) mass is 395 g/mol. The highest BCUT2D eigenvalue weighted by Crippen LogP contribution is 1.94. The van der Waals surface area contributed by atoms with Crippen molar-refractivity contribution in [2.75, 3.05) is 18.1 Å². The third kappa shape index (κ3) is 9.16. The molecule has 0 aliphatic heterocycles. The number of hydrogen-bond acceptors (Lipinski definition) is 8. The number of rotatable bonds is 11. The van der Waals surface area contributed by atoms with E-state index in [4.69, 9.17) is 16.6 Å². The molecule has 0 saturated heterocycles. The van der Waals surface area contributed by atoms with E-state index in [1.54, 1.807) is 0 Å². The molecular weight excluding hydrogens is 374 g/mol. The van der Waals surface area contributed by atoms with Crippen molar-refractivity contribution in [3.05, 3.63) is 0 Å². The van der Waals surface area contributed by atoms with Crippen LogP contribution in [0.25, 0.3) is 0 Å². The minimum Gasteiger partial charge on any atom is -0.480 e. The van der Waals surface area contributed by atoms with E-state index in [1.807, 2.05) is 0 Å². The minimum atomic E-state index is -1.27. The summed E-state index contributed by atoms with van der Waals surface area (Å²) in [6, 6.07) is -3.52. The zero-order valence-electron chi connectivity index (χ0n) is 13.1. The molecule has 0 aliphatic carbocycles. The van der Waals surface area contributed by atoms with Crippen LogP contribution in [0.15, 0.2) is 0 Å². The Labute approximate surface area is 154 Å². The summed E-state index contributed by atoms with van der Waals surface area (Å²) < 4.78 is 0. The fourth-order valence-electron chi connectivity index (χ4n) is 1.50. The van der Waals surface area contributed by atoms with Crippen LogP contribution in [0.3, 0.4) is 0 Å². The number of aliphatic carboxylic acids is 1. The summed E-state index contributed by atoms with van der Waals surface area (Å²) in [5.74, 6) is -4.52.